The number of nitrogens with zero attached hydrogens (tertiary/aromatic N) is 2. The second-order valence-electron chi connectivity index (χ2n) is 4.06. The highest BCUT2D eigenvalue weighted by atomic mass is 19.1. The van der Waals surface area contributed by atoms with Crippen molar-refractivity contribution in [3.05, 3.63) is 59.2 Å². The van der Waals surface area contributed by atoms with E-state index in [1.807, 2.05) is 6.07 Å². The summed E-state index contributed by atoms with van der Waals surface area (Å²) in [4.78, 5) is 3.92. The highest BCUT2D eigenvalue weighted by molar-refractivity contribution is 5.41. The minimum atomic E-state index is -0.490. The number of pyridine rings is 1. The zero-order valence-corrected chi connectivity index (χ0v) is 11.1. The third-order valence-corrected chi connectivity index (χ3v) is 2.65. The Morgan fingerprint density at radius 3 is 2.95 bits per heavy atom. The number of halogens is 1. The summed E-state index contributed by atoms with van der Waals surface area (Å²) in [6.45, 7) is 0.288. The number of nitrogens with two attached hydrogens (primary N) is 1. The van der Waals surface area contributed by atoms with Gasteiger partial charge in [-0.15, -0.1) is 0 Å². The molecule has 0 spiro atoms. The van der Waals surface area contributed by atoms with Gasteiger partial charge in [-0.3, -0.25) is 0 Å². The van der Waals surface area contributed by atoms with Gasteiger partial charge in [0.25, 0.3) is 0 Å². The van der Waals surface area contributed by atoms with Crippen LogP contribution in [-0.4, -0.2) is 11.5 Å². The Morgan fingerprint density at radius 2 is 2.19 bits per heavy atom. The first-order valence-corrected chi connectivity index (χ1v) is 6.20. The van der Waals surface area contributed by atoms with Gasteiger partial charge in [-0.2, -0.15) is 5.26 Å². The van der Waals surface area contributed by atoms with Crippen molar-refractivity contribution in [1.29, 1.82) is 5.26 Å². The topological polar surface area (TPSA) is 71.9 Å². The molecule has 2 aromatic rings. The lowest BCUT2D eigenvalue weighted by atomic mass is 10.2. The van der Waals surface area contributed by atoms with E-state index in [9.17, 15) is 4.39 Å². The lowest BCUT2D eigenvalue weighted by molar-refractivity contribution is 0.289. The Hall–Kier alpha value is -2.89. The molecule has 21 heavy (non-hydrogen) atoms. The molecule has 5 heteroatoms. The number of hydrogen-bond donors (Lipinski definition) is 1. The molecule has 0 bridgehead atoms. The summed E-state index contributed by atoms with van der Waals surface area (Å²) in [7, 11) is 0. The third-order valence-electron chi connectivity index (χ3n) is 2.65. The quantitative estimate of drug-likeness (QED) is 0.873. The van der Waals surface area contributed by atoms with Crippen molar-refractivity contribution in [2.75, 3.05) is 6.54 Å². The first kappa shape index (κ1) is 14.5. The molecule has 1 aromatic carbocycles. The van der Waals surface area contributed by atoms with E-state index >= 15 is 0 Å². The second kappa shape index (κ2) is 7.04. The van der Waals surface area contributed by atoms with Crippen LogP contribution >= 0.6 is 0 Å². The van der Waals surface area contributed by atoms with Gasteiger partial charge in [0.15, 0.2) is 11.6 Å². The van der Waals surface area contributed by atoms with Crippen molar-refractivity contribution >= 4 is 0 Å². The van der Waals surface area contributed by atoms with Crippen LogP contribution in [0.5, 0.6) is 5.75 Å². The van der Waals surface area contributed by atoms with Crippen molar-refractivity contribution in [2.45, 2.75) is 6.61 Å². The molecule has 4 nitrogen and oxygen atoms in total. The van der Waals surface area contributed by atoms with Gasteiger partial charge in [0.05, 0.1) is 6.54 Å². The third kappa shape index (κ3) is 3.79. The maximum absolute atomic E-state index is 13.7. The molecule has 2 N–H and O–H groups in total. The fraction of sp³-hybridized carbons (Fsp3) is 0.125. The molecular formula is C16H12FN3O. The SMILES string of the molecule is N#Cc1ncccc1COc1cc(C#CCN)ccc1F. The van der Waals surface area contributed by atoms with E-state index in [-0.39, 0.29) is 24.6 Å². The molecule has 0 aliphatic rings. The molecule has 0 radical (unpaired) electrons. The van der Waals surface area contributed by atoms with Gasteiger partial charge in [-0.25, -0.2) is 9.37 Å². The number of aromatic nitrogens is 1. The molecule has 2 rings (SSSR count). The first-order chi connectivity index (χ1) is 10.2. The number of benzene rings is 1. The van der Waals surface area contributed by atoms with Crippen LogP contribution in [0.15, 0.2) is 36.5 Å². The molecule has 0 aliphatic heterocycles. The number of rotatable bonds is 3. The van der Waals surface area contributed by atoms with Crippen LogP contribution in [0.1, 0.15) is 16.8 Å². The zero-order chi connectivity index (χ0) is 15.1. The molecular weight excluding hydrogens is 269 g/mol. The molecule has 0 amide bonds. The lowest BCUT2D eigenvalue weighted by Gasteiger charge is -2.08. The Labute approximate surface area is 122 Å². The minimum absolute atomic E-state index is 0.0570. The molecule has 0 fully saturated rings. The smallest absolute Gasteiger partial charge is 0.165 e. The summed E-state index contributed by atoms with van der Waals surface area (Å²) in [5.74, 6) is 5.08. The fourth-order valence-corrected chi connectivity index (χ4v) is 1.66. The zero-order valence-electron chi connectivity index (χ0n) is 11.1. The average molecular weight is 281 g/mol. The molecule has 1 heterocycles. The molecule has 0 unspecified atom stereocenters. The van der Waals surface area contributed by atoms with Crippen LogP contribution in [-0.2, 0) is 6.61 Å². The number of ether oxygens (including phenoxy) is 1. The maximum atomic E-state index is 13.7. The molecule has 1 aromatic heterocycles. The molecule has 0 atom stereocenters. The maximum Gasteiger partial charge on any atom is 0.165 e. The van der Waals surface area contributed by atoms with Gasteiger partial charge >= 0.3 is 0 Å². The van der Waals surface area contributed by atoms with E-state index in [1.54, 1.807) is 18.2 Å². The highest BCUT2D eigenvalue weighted by Gasteiger charge is 2.07. The van der Waals surface area contributed by atoms with Crippen LogP contribution < -0.4 is 10.5 Å². The van der Waals surface area contributed by atoms with E-state index in [0.717, 1.165) is 0 Å². The minimum Gasteiger partial charge on any atom is -0.486 e. The Morgan fingerprint density at radius 1 is 1.33 bits per heavy atom. The van der Waals surface area contributed by atoms with E-state index < -0.39 is 5.82 Å². The van der Waals surface area contributed by atoms with E-state index in [2.05, 4.69) is 16.8 Å². The van der Waals surface area contributed by atoms with Gasteiger partial charge in [0, 0.05) is 17.3 Å². The Balaban J connectivity index is 2.18. The first-order valence-electron chi connectivity index (χ1n) is 6.20. The molecule has 0 saturated heterocycles. The lowest BCUT2D eigenvalue weighted by Crippen LogP contribution is -2.01. The van der Waals surface area contributed by atoms with Crippen molar-refractivity contribution in [3.8, 4) is 23.7 Å². The van der Waals surface area contributed by atoms with Gasteiger partial charge in [-0.05, 0) is 24.3 Å². The van der Waals surface area contributed by atoms with Crippen LogP contribution in [0.4, 0.5) is 4.39 Å². The van der Waals surface area contributed by atoms with Gasteiger partial charge in [0.1, 0.15) is 18.4 Å². The summed E-state index contributed by atoms with van der Waals surface area (Å²) in [6, 6.07) is 9.70. The average Bonchev–Trinajstić information content (AvgIpc) is 2.53. The van der Waals surface area contributed by atoms with Crippen LogP contribution in [0.2, 0.25) is 0 Å². The summed E-state index contributed by atoms with van der Waals surface area (Å²) in [6.07, 6.45) is 1.52. The fourth-order valence-electron chi connectivity index (χ4n) is 1.66. The largest absolute Gasteiger partial charge is 0.486 e. The molecule has 104 valence electrons. The number of nitriles is 1. The number of hydrogen-bond acceptors (Lipinski definition) is 4. The predicted molar refractivity (Wildman–Crippen MR) is 75.6 cm³/mol. The highest BCUT2D eigenvalue weighted by Crippen LogP contribution is 2.20. The Bertz CT molecular complexity index is 741. The summed E-state index contributed by atoms with van der Waals surface area (Å²) in [5.41, 5.74) is 6.77. The van der Waals surface area contributed by atoms with Crippen molar-refractivity contribution in [1.82, 2.24) is 4.98 Å². The molecule has 0 aliphatic carbocycles. The van der Waals surface area contributed by atoms with Crippen molar-refractivity contribution in [2.24, 2.45) is 5.73 Å². The Kier molecular flexibility index (Phi) is 4.87. The standard InChI is InChI=1S/C16H12FN3O/c17-14-6-5-12(3-1-7-18)9-16(14)21-11-13-4-2-8-20-15(13)10-19/h2,4-6,8-9H,7,11,18H2. The normalized spacial score (nSPS) is 9.38. The van der Waals surface area contributed by atoms with Crippen molar-refractivity contribution in [3.63, 3.8) is 0 Å². The van der Waals surface area contributed by atoms with Crippen molar-refractivity contribution < 1.29 is 9.13 Å². The van der Waals surface area contributed by atoms with Crippen LogP contribution in [0.25, 0.3) is 0 Å². The summed E-state index contributed by atoms with van der Waals surface area (Å²) < 4.78 is 19.1. The van der Waals surface area contributed by atoms with E-state index in [1.165, 1.54) is 18.3 Å². The second-order valence-corrected chi connectivity index (χ2v) is 4.06. The monoisotopic (exact) mass is 281 g/mol. The van der Waals surface area contributed by atoms with Gasteiger partial charge in [-0.1, -0.05) is 17.9 Å². The predicted octanol–water partition coefficient (Wildman–Crippen LogP) is 1.98. The molecule has 0 saturated carbocycles. The summed E-state index contributed by atoms with van der Waals surface area (Å²) >= 11 is 0. The van der Waals surface area contributed by atoms with E-state index in [0.29, 0.717) is 11.1 Å². The van der Waals surface area contributed by atoms with Crippen LogP contribution in [0.3, 0.4) is 0 Å². The van der Waals surface area contributed by atoms with E-state index in [4.69, 9.17) is 15.7 Å². The van der Waals surface area contributed by atoms with Crippen LogP contribution in [0, 0.1) is 29.0 Å². The van der Waals surface area contributed by atoms with Gasteiger partial charge < -0.3 is 10.5 Å². The summed E-state index contributed by atoms with van der Waals surface area (Å²) in [5, 5.41) is 8.94. The van der Waals surface area contributed by atoms with Gasteiger partial charge in [0.2, 0.25) is 0 Å².